The normalized spacial score (nSPS) is 16.5. The van der Waals surface area contributed by atoms with Crippen LogP contribution >= 0.6 is 0 Å². The van der Waals surface area contributed by atoms with Gasteiger partial charge in [-0.15, -0.1) is 0 Å². The highest BCUT2D eigenvalue weighted by Gasteiger charge is 2.29. The molecule has 1 saturated heterocycles. The van der Waals surface area contributed by atoms with E-state index in [1.165, 1.54) is 4.31 Å². The Morgan fingerprint density at radius 2 is 1.83 bits per heavy atom. The van der Waals surface area contributed by atoms with Gasteiger partial charge >= 0.3 is 0 Å². The van der Waals surface area contributed by atoms with Gasteiger partial charge in [-0.25, -0.2) is 8.42 Å². The van der Waals surface area contributed by atoms with Crippen molar-refractivity contribution in [3.05, 3.63) is 30.3 Å². The Bertz CT molecular complexity index is 598. The maximum Gasteiger partial charge on any atom is 0.243 e. The van der Waals surface area contributed by atoms with E-state index in [0.717, 1.165) is 0 Å². The van der Waals surface area contributed by atoms with Crippen LogP contribution in [-0.4, -0.2) is 76.5 Å². The van der Waals surface area contributed by atoms with Crippen LogP contribution in [-0.2, 0) is 19.6 Å². The number of piperazine rings is 1. The lowest BCUT2D eigenvalue weighted by Gasteiger charge is -2.34. The number of hydrogen-bond acceptors (Lipinski definition) is 5. The summed E-state index contributed by atoms with van der Waals surface area (Å²) in [4.78, 5) is 14.0. The lowest BCUT2D eigenvalue weighted by Crippen LogP contribution is -2.52. The number of hydrogen-bond donors (Lipinski definition) is 1. The first kappa shape index (κ1) is 17.9. The van der Waals surface area contributed by atoms with E-state index in [2.05, 4.69) is 5.32 Å². The lowest BCUT2D eigenvalue weighted by atomic mass is 10.3. The maximum atomic E-state index is 12.5. The summed E-state index contributed by atoms with van der Waals surface area (Å²) >= 11 is 0. The van der Waals surface area contributed by atoms with Gasteiger partial charge in [0, 0.05) is 39.8 Å². The average Bonchev–Trinajstić information content (AvgIpc) is 2.59. The minimum atomic E-state index is -3.47. The maximum absolute atomic E-state index is 12.5. The smallest absolute Gasteiger partial charge is 0.243 e. The highest BCUT2D eigenvalue weighted by molar-refractivity contribution is 7.89. The van der Waals surface area contributed by atoms with Crippen LogP contribution in [0.25, 0.3) is 0 Å². The average molecular weight is 341 g/mol. The molecule has 23 heavy (non-hydrogen) atoms. The van der Waals surface area contributed by atoms with Crippen LogP contribution in [0.3, 0.4) is 0 Å². The number of ether oxygens (including phenoxy) is 1. The molecular weight excluding hydrogens is 318 g/mol. The molecule has 0 unspecified atom stereocenters. The van der Waals surface area contributed by atoms with Crippen molar-refractivity contribution in [2.45, 2.75) is 4.90 Å². The van der Waals surface area contributed by atoms with Crippen LogP contribution in [0.2, 0.25) is 0 Å². The van der Waals surface area contributed by atoms with Crippen molar-refractivity contribution < 1.29 is 17.9 Å². The monoisotopic (exact) mass is 341 g/mol. The van der Waals surface area contributed by atoms with E-state index in [4.69, 9.17) is 4.74 Å². The van der Waals surface area contributed by atoms with Gasteiger partial charge in [-0.1, -0.05) is 18.2 Å². The number of sulfonamides is 1. The van der Waals surface area contributed by atoms with Crippen molar-refractivity contribution in [2.24, 2.45) is 0 Å². The molecule has 8 heteroatoms. The van der Waals surface area contributed by atoms with Crippen molar-refractivity contribution in [2.75, 3.05) is 53.0 Å². The second-order valence-electron chi connectivity index (χ2n) is 5.27. The summed E-state index contributed by atoms with van der Waals surface area (Å²) in [5.41, 5.74) is 0. The summed E-state index contributed by atoms with van der Waals surface area (Å²) in [6.45, 7) is 2.88. The largest absolute Gasteiger partial charge is 0.383 e. The van der Waals surface area contributed by atoms with E-state index in [9.17, 15) is 13.2 Å². The topological polar surface area (TPSA) is 79.0 Å². The third-order valence-corrected chi connectivity index (χ3v) is 5.64. The van der Waals surface area contributed by atoms with Gasteiger partial charge in [-0.2, -0.15) is 4.31 Å². The molecule has 128 valence electrons. The third-order valence-electron chi connectivity index (χ3n) is 3.73. The van der Waals surface area contributed by atoms with Gasteiger partial charge < -0.3 is 15.0 Å². The van der Waals surface area contributed by atoms with Gasteiger partial charge in [0.1, 0.15) is 0 Å². The summed E-state index contributed by atoms with van der Waals surface area (Å²) in [6, 6.07) is 8.38. The second kappa shape index (κ2) is 8.39. The highest BCUT2D eigenvalue weighted by Crippen LogP contribution is 2.17. The van der Waals surface area contributed by atoms with Gasteiger partial charge in [0.05, 0.1) is 18.0 Å². The first-order chi connectivity index (χ1) is 11.1. The first-order valence-corrected chi connectivity index (χ1v) is 9.02. The summed E-state index contributed by atoms with van der Waals surface area (Å²) in [6.07, 6.45) is 0. The molecule has 1 fully saturated rings. The van der Waals surface area contributed by atoms with Crippen LogP contribution in [0.4, 0.5) is 0 Å². The van der Waals surface area contributed by atoms with Crippen molar-refractivity contribution in [3.8, 4) is 0 Å². The molecule has 1 aromatic rings. The summed E-state index contributed by atoms with van der Waals surface area (Å²) in [5.74, 6) is -0.0159. The molecule has 7 nitrogen and oxygen atoms in total. The Balaban J connectivity index is 1.85. The molecule has 1 aliphatic heterocycles. The van der Waals surface area contributed by atoms with Gasteiger partial charge in [-0.05, 0) is 12.1 Å². The molecule has 1 amide bonds. The molecule has 1 N–H and O–H groups in total. The predicted molar refractivity (Wildman–Crippen MR) is 86.5 cm³/mol. The molecule has 2 rings (SSSR count). The number of methoxy groups -OCH3 is 1. The van der Waals surface area contributed by atoms with Crippen LogP contribution in [0.1, 0.15) is 0 Å². The van der Waals surface area contributed by atoms with Crippen molar-refractivity contribution >= 4 is 15.9 Å². The summed E-state index contributed by atoms with van der Waals surface area (Å²) < 4.78 is 31.3. The summed E-state index contributed by atoms with van der Waals surface area (Å²) in [5, 5.41) is 3.00. The standard InChI is InChI=1S/C15H23N3O4S/c1-22-12-7-16-13-15(19)17-8-10-18(11-9-17)23(20,21)14-5-3-2-4-6-14/h2-6,16H,7-13H2,1H3. The zero-order valence-electron chi connectivity index (χ0n) is 13.3. The molecule has 1 aromatic carbocycles. The quantitative estimate of drug-likeness (QED) is 0.692. The van der Waals surface area contributed by atoms with Gasteiger partial charge in [0.15, 0.2) is 0 Å². The van der Waals surface area contributed by atoms with Gasteiger partial charge in [-0.3, -0.25) is 4.79 Å². The van der Waals surface area contributed by atoms with Crippen LogP contribution < -0.4 is 5.32 Å². The molecule has 0 aromatic heterocycles. The first-order valence-electron chi connectivity index (χ1n) is 7.58. The van der Waals surface area contributed by atoms with Crippen molar-refractivity contribution in [1.29, 1.82) is 0 Å². The van der Waals surface area contributed by atoms with E-state index in [0.29, 0.717) is 44.2 Å². The van der Waals surface area contributed by atoms with E-state index >= 15 is 0 Å². The third kappa shape index (κ3) is 4.74. The summed E-state index contributed by atoms with van der Waals surface area (Å²) in [7, 11) is -1.87. The molecule has 0 atom stereocenters. The van der Waals surface area contributed by atoms with Gasteiger partial charge in [0.25, 0.3) is 0 Å². The fraction of sp³-hybridized carbons (Fsp3) is 0.533. The molecule has 1 aliphatic rings. The SMILES string of the molecule is COCCNCC(=O)N1CCN(S(=O)(=O)c2ccccc2)CC1. The van der Waals surface area contributed by atoms with E-state index in [-0.39, 0.29) is 12.5 Å². The van der Waals surface area contributed by atoms with Gasteiger partial charge in [0.2, 0.25) is 15.9 Å². The fourth-order valence-corrected chi connectivity index (χ4v) is 3.84. The van der Waals surface area contributed by atoms with Crippen molar-refractivity contribution in [1.82, 2.24) is 14.5 Å². The number of carbonyl (C=O) groups excluding carboxylic acids is 1. The predicted octanol–water partition coefficient (Wildman–Crippen LogP) is -0.244. The van der Waals surface area contributed by atoms with Crippen LogP contribution in [0.5, 0.6) is 0 Å². The number of rotatable bonds is 7. The Morgan fingerprint density at radius 1 is 1.17 bits per heavy atom. The Hall–Kier alpha value is -1.48. The molecule has 0 spiro atoms. The van der Waals surface area contributed by atoms with Crippen LogP contribution in [0, 0.1) is 0 Å². The Morgan fingerprint density at radius 3 is 2.43 bits per heavy atom. The minimum Gasteiger partial charge on any atom is -0.383 e. The van der Waals surface area contributed by atoms with Crippen molar-refractivity contribution in [3.63, 3.8) is 0 Å². The number of nitrogens with zero attached hydrogens (tertiary/aromatic N) is 2. The molecule has 1 heterocycles. The number of benzene rings is 1. The number of carbonyl (C=O) groups is 1. The van der Waals surface area contributed by atoms with E-state index < -0.39 is 10.0 Å². The molecule has 0 saturated carbocycles. The number of amides is 1. The zero-order chi connectivity index (χ0) is 16.7. The molecule has 0 radical (unpaired) electrons. The molecule has 0 bridgehead atoms. The Labute approximate surface area is 137 Å². The highest BCUT2D eigenvalue weighted by atomic mass is 32.2. The molecular formula is C15H23N3O4S. The lowest BCUT2D eigenvalue weighted by molar-refractivity contribution is -0.131. The fourth-order valence-electron chi connectivity index (χ4n) is 2.40. The minimum absolute atomic E-state index is 0.0159. The van der Waals surface area contributed by atoms with E-state index in [1.54, 1.807) is 42.3 Å². The molecule has 0 aliphatic carbocycles. The zero-order valence-corrected chi connectivity index (χ0v) is 14.1. The van der Waals surface area contributed by atoms with E-state index in [1.807, 2.05) is 0 Å². The number of nitrogens with one attached hydrogen (secondary N) is 1. The van der Waals surface area contributed by atoms with Crippen LogP contribution in [0.15, 0.2) is 35.2 Å². The Kier molecular flexibility index (Phi) is 6.52. The second-order valence-corrected chi connectivity index (χ2v) is 7.21.